The van der Waals surface area contributed by atoms with Crippen LogP contribution in [0.2, 0.25) is 0 Å². The minimum Gasteiger partial charge on any atom is -0.378 e. The molecule has 2 aromatic heterocycles. The van der Waals surface area contributed by atoms with Crippen LogP contribution in [0.15, 0.2) is 11.6 Å². The number of aromatic nitrogens is 3. The third kappa shape index (κ3) is 3.65. The Hall–Kier alpha value is -1.24. The molecule has 3 rings (SSSR count). The number of methoxy groups -OCH3 is 1. The van der Waals surface area contributed by atoms with E-state index in [1.807, 2.05) is 0 Å². The fourth-order valence-electron chi connectivity index (χ4n) is 3.19. The van der Waals surface area contributed by atoms with Crippen LogP contribution < -0.4 is 5.32 Å². The summed E-state index contributed by atoms with van der Waals surface area (Å²) in [6.07, 6.45) is 5.55. The number of thiazole rings is 1. The van der Waals surface area contributed by atoms with E-state index in [0.29, 0.717) is 12.6 Å². The van der Waals surface area contributed by atoms with Gasteiger partial charge in [-0.2, -0.15) is 5.10 Å². The van der Waals surface area contributed by atoms with Gasteiger partial charge in [-0.15, -0.1) is 11.3 Å². The largest absolute Gasteiger partial charge is 0.378 e. The quantitative estimate of drug-likeness (QED) is 0.910. The highest BCUT2D eigenvalue weighted by molar-refractivity contribution is 7.09. The Balaban J connectivity index is 1.69. The van der Waals surface area contributed by atoms with Gasteiger partial charge in [-0.1, -0.05) is 0 Å². The van der Waals surface area contributed by atoms with E-state index in [-0.39, 0.29) is 5.54 Å². The lowest BCUT2D eigenvalue weighted by molar-refractivity contribution is 0.184. The van der Waals surface area contributed by atoms with Crippen LogP contribution in [0, 0.1) is 0 Å². The Morgan fingerprint density at radius 2 is 2.26 bits per heavy atom. The summed E-state index contributed by atoms with van der Waals surface area (Å²) in [6.45, 7) is 8.03. The van der Waals surface area contributed by atoms with Gasteiger partial charge in [-0.05, 0) is 40.0 Å². The van der Waals surface area contributed by atoms with Gasteiger partial charge in [0.05, 0.1) is 24.0 Å². The predicted octanol–water partition coefficient (Wildman–Crippen LogP) is 3.41. The Bertz CT molecular complexity index is 656. The zero-order valence-electron chi connectivity index (χ0n) is 14.4. The van der Waals surface area contributed by atoms with Gasteiger partial charge in [0, 0.05) is 36.3 Å². The molecule has 0 unspecified atom stereocenters. The fourth-order valence-corrected chi connectivity index (χ4v) is 3.96. The maximum Gasteiger partial charge on any atom is 0.119 e. The molecule has 23 heavy (non-hydrogen) atoms. The van der Waals surface area contributed by atoms with Crippen molar-refractivity contribution < 1.29 is 4.74 Å². The average Bonchev–Trinajstić information content (AvgIpc) is 3.11. The SMILES string of the molecule is COCc1nc(CN[C@H]2CCCc3c2cnn3C(C)(C)C)cs1. The molecule has 0 saturated carbocycles. The zero-order valence-corrected chi connectivity index (χ0v) is 15.2. The van der Waals surface area contributed by atoms with Crippen molar-refractivity contribution in [2.45, 2.75) is 64.8 Å². The second-order valence-corrected chi connectivity index (χ2v) is 8.06. The molecule has 1 aliphatic rings. The van der Waals surface area contributed by atoms with Crippen molar-refractivity contribution in [1.82, 2.24) is 20.1 Å². The Labute approximate surface area is 142 Å². The number of fused-ring (bicyclic) bond motifs is 1. The Morgan fingerprint density at radius 3 is 3.00 bits per heavy atom. The lowest BCUT2D eigenvalue weighted by Gasteiger charge is -2.28. The number of hydrogen-bond donors (Lipinski definition) is 1. The molecule has 126 valence electrons. The van der Waals surface area contributed by atoms with Gasteiger partial charge in [0.1, 0.15) is 5.01 Å². The number of rotatable bonds is 5. The van der Waals surface area contributed by atoms with E-state index < -0.39 is 0 Å². The van der Waals surface area contributed by atoms with E-state index in [9.17, 15) is 0 Å². The van der Waals surface area contributed by atoms with Gasteiger partial charge in [0.25, 0.3) is 0 Å². The van der Waals surface area contributed by atoms with E-state index in [1.165, 1.54) is 17.7 Å². The number of nitrogens with zero attached hydrogens (tertiary/aromatic N) is 3. The van der Waals surface area contributed by atoms with Crippen molar-refractivity contribution in [3.8, 4) is 0 Å². The molecular weight excluding hydrogens is 308 g/mol. The second kappa shape index (κ2) is 6.71. The smallest absolute Gasteiger partial charge is 0.119 e. The maximum atomic E-state index is 5.13. The summed E-state index contributed by atoms with van der Waals surface area (Å²) in [5.41, 5.74) is 3.88. The van der Waals surface area contributed by atoms with Crippen LogP contribution in [0.3, 0.4) is 0 Å². The number of ether oxygens (including phenoxy) is 1. The molecule has 0 aliphatic heterocycles. The van der Waals surface area contributed by atoms with Crippen molar-refractivity contribution >= 4 is 11.3 Å². The van der Waals surface area contributed by atoms with Crippen molar-refractivity contribution in [2.75, 3.05) is 7.11 Å². The standard InChI is InChI=1S/C17H26N4OS/c1-17(2,3)21-15-7-5-6-14(13(15)9-19-21)18-8-12-11-23-16(20-12)10-22-4/h9,11,14,18H,5-8,10H2,1-4H3/t14-/m0/s1. The third-order valence-corrected chi connectivity index (χ3v) is 5.09. The van der Waals surface area contributed by atoms with Crippen molar-refractivity contribution in [3.63, 3.8) is 0 Å². The summed E-state index contributed by atoms with van der Waals surface area (Å²) in [4.78, 5) is 4.60. The maximum absolute atomic E-state index is 5.13. The van der Waals surface area contributed by atoms with Gasteiger partial charge in [-0.25, -0.2) is 4.98 Å². The molecule has 0 fully saturated rings. The molecule has 0 radical (unpaired) electrons. The van der Waals surface area contributed by atoms with Crippen LogP contribution in [-0.2, 0) is 29.8 Å². The molecule has 0 saturated heterocycles. The predicted molar refractivity (Wildman–Crippen MR) is 92.6 cm³/mol. The van der Waals surface area contributed by atoms with Crippen LogP contribution >= 0.6 is 11.3 Å². The van der Waals surface area contributed by atoms with Crippen molar-refractivity contribution in [2.24, 2.45) is 0 Å². The molecule has 2 heterocycles. The van der Waals surface area contributed by atoms with Crippen LogP contribution in [0.5, 0.6) is 0 Å². The van der Waals surface area contributed by atoms with E-state index in [0.717, 1.165) is 30.1 Å². The molecule has 0 amide bonds. The van der Waals surface area contributed by atoms with E-state index in [2.05, 4.69) is 52.4 Å². The first-order valence-corrected chi connectivity index (χ1v) is 9.10. The summed E-state index contributed by atoms with van der Waals surface area (Å²) < 4.78 is 7.32. The van der Waals surface area contributed by atoms with Crippen LogP contribution in [0.25, 0.3) is 0 Å². The fraction of sp³-hybridized carbons (Fsp3) is 0.647. The van der Waals surface area contributed by atoms with Gasteiger partial charge in [-0.3, -0.25) is 4.68 Å². The molecule has 0 bridgehead atoms. The van der Waals surface area contributed by atoms with E-state index in [1.54, 1.807) is 18.4 Å². The lowest BCUT2D eigenvalue weighted by atomic mass is 9.92. The van der Waals surface area contributed by atoms with E-state index >= 15 is 0 Å². The molecule has 2 aromatic rings. The molecule has 0 aromatic carbocycles. The first kappa shape index (κ1) is 16.6. The molecule has 6 heteroatoms. The third-order valence-electron chi connectivity index (χ3n) is 4.22. The van der Waals surface area contributed by atoms with Gasteiger partial charge in [0.15, 0.2) is 0 Å². The van der Waals surface area contributed by atoms with Crippen molar-refractivity contribution in [3.05, 3.63) is 33.5 Å². The first-order valence-electron chi connectivity index (χ1n) is 8.22. The highest BCUT2D eigenvalue weighted by atomic mass is 32.1. The Morgan fingerprint density at radius 1 is 1.43 bits per heavy atom. The van der Waals surface area contributed by atoms with Gasteiger partial charge >= 0.3 is 0 Å². The van der Waals surface area contributed by atoms with Crippen LogP contribution in [0.1, 0.15) is 61.6 Å². The molecular formula is C17H26N4OS. The van der Waals surface area contributed by atoms with Gasteiger partial charge < -0.3 is 10.1 Å². The van der Waals surface area contributed by atoms with Crippen LogP contribution in [-0.4, -0.2) is 21.9 Å². The number of hydrogen-bond acceptors (Lipinski definition) is 5. The Kier molecular flexibility index (Phi) is 4.85. The summed E-state index contributed by atoms with van der Waals surface area (Å²) in [5.74, 6) is 0. The second-order valence-electron chi connectivity index (χ2n) is 7.12. The minimum absolute atomic E-state index is 0.0411. The average molecular weight is 334 g/mol. The summed E-state index contributed by atoms with van der Waals surface area (Å²) in [6, 6.07) is 0.377. The molecule has 1 atom stereocenters. The lowest BCUT2D eigenvalue weighted by Crippen LogP contribution is -2.29. The monoisotopic (exact) mass is 334 g/mol. The highest BCUT2D eigenvalue weighted by Crippen LogP contribution is 2.32. The van der Waals surface area contributed by atoms with E-state index in [4.69, 9.17) is 4.74 Å². The summed E-state index contributed by atoms with van der Waals surface area (Å²) >= 11 is 1.66. The normalized spacial score (nSPS) is 18.2. The number of nitrogens with one attached hydrogen (secondary N) is 1. The van der Waals surface area contributed by atoms with Crippen molar-refractivity contribution in [1.29, 1.82) is 0 Å². The molecule has 0 spiro atoms. The topological polar surface area (TPSA) is 52.0 Å². The van der Waals surface area contributed by atoms with Gasteiger partial charge in [0.2, 0.25) is 0 Å². The molecule has 5 nitrogen and oxygen atoms in total. The zero-order chi connectivity index (χ0) is 16.4. The molecule has 1 aliphatic carbocycles. The van der Waals surface area contributed by atoms with Crippen LogP contribution in [0.4, 0.5) is 0 Å². The summed E-state index contributed by atoms with van der Waals surface area (Å²) in [5, 5.41) is 11.5. The summed E-state index contributed by atoms with van der Waals surface area (Å²) in [7, 11) is 1.70. The molecule has 1 N–H and O–H groups in total. The highest BCUT2D eigenvalue weighted by Gasteiger charge is 2.27. The minimum atomic E-state index is 0.0411. The first-order chi connectivity index (χ1) is 11.0.